The number of ether oxygens (including phenoxy) is 1. The molecule has 0 amide bonds. The molecule has 2 rings (SSSR count). The Hall–Kier alpha value is -0.120. The molecular formula is C11H21NO2. The molecule has 2 fully saturated rings. The van der Waals surface area contributed by atoms with Crippen LogP contribution in [0.1, 0.15) is 25.7 Å². The molecule has 0 unspecified atom stereocenters. The minimum absolute atomic E-state index is 0.0110. The number of aliphatic hydroxyl groups excluding tert-OH is 1. The third-order valence-electron chi connectivity index (χ3n) is 3.57. The lowest BCUT2D eigenvalue weighted by atomic mass is 9.82. The highest BCUT2D eigenvalue weighted by atomic mass is 16.5. The molecule has 1 saturated heterocycles. The van der Waals surface area contributed by atoms with Gasteiger partial charge < -0.3 is 14.7 Å². The van der Waals surface area contributed by atoms with Gasteiger partial charge in [0.15, 0.2) is 0 Å². The van der Waals surface area contributed by atoms with Crippen molar-refractivity contribution in [3.05, 3.63) is 0 Å². The van der Waals surface area contributed by atoms with Gasteiger partial charge in [-0.25, -0.2) is 0 Å². The second kappa shape index (κ2) is 4.60. The van der Waals surface area contributed by atoms with Crippen LogP contribution in [-0.4, -0.2) is 49.0 Å². The van der Waals surface area contributed by atoms with Crippen molar-refractivity contribution in [3.8, 4) is 0 Å². The molecule has 0 bridgehead atoms. The van der Waals surface area contributed by atoms with Crippen molar-refractivity contribution in [2.75, 3.05) is 26.8 Å². The van der Waals surface area contributed by atoms with Crippen molar-refractivity contribution in [1.29, 1.82) is 0 Å². The summed E-state index contributed by atoms with van der Waals surface area (Å²) in [6.07, 6.45) is 4.35. The third kappa shape index (κ3) is 2.47. The van der Waals surface area contributed by atoms with Crippen LogP contribution in [-0.2, 0) is 4.74 Å². The van der Waals surface area contributed by atoms with Crippen LogP contribution in [0.5, 0.6) is 0 Å². The number of aliphatic hydroxyl groups is 1. The second-order valence-corrected chi connectivity index (χ2v) is 4.77. The first-order chi connectivity index (χ1) is 6.75. The highest BCUT2D eigenvalue weighted by Gasteiger charge is 2.29. The van der Waals surface area contributed by atoms with Crippen molar-refractivity contribution in [1.82, 2.24) is 4.90 Å². The summed E-state index contributed by atoms with van der Waals surface area (Å²) in [6, 6.07) is 0.710. The van der Waals surface area contributed by atoms with Gasteiger partial charge >= 0.3 is 0 Å². The van der Waals surface area contributed by atoms with E-state index in [1.165, 1.54) is 12.8 Å². The summed E-state index contributed by atoms with van der Waals surface area (Å²) in [7, 11) is 2.21. The van der Waals surface area contributed by atoms with E-state index >= 15 is 0 Å². The normalized spacial score (nSPS) is 34.5. The first-order valence-electron chi connectivity index (χ1n) is 5.71. The fraction of sp³-hybridized carbons (Fsp3) is 1.00. The lowest BCUT2D eigenvalue weighted by Gasteiger charge is -2.38. The Balaban J connectivity index is 1.69. The third-order valence-corrected chi connectivity index (χ3v) is 3.57. The first kappa shape index (κ1) is 10.4. The van der Waals surface area contributed by atoms with Gasteiger partial charge in [0, 0.05) is 25.8 Å². The minimum Gasteiger partial charge on any atom is -0.393 e. The summed E-state index contributed by atoms with van der Waals surface area (Å²) in [5.41, 5.74) is 0. The van der Waals surface area contributed by atoms with E-state index < -0.39 is 0 Å². The molecular weight excluding hydrogens is 178 g/mol. The molecule has 3 nitrogen and oxygen atoms in total. The highest BCUT2D eigenvalue weighted by molar-refractivity contribution is 4.83. The lowest BCUT2D eigenvalue weighted by molar-refractivity contribution is 0.00121. The Morgan fingerprint density at radius 1 is 1.29 bits per heavy atom. The fourth-order valence-electron chi connectivity index (χ4n) is 2.53. The summed E-state index contributed by atoms with van der Waals surface area (Å²) in [5, 5.41) is 9.20. The first-order valence-corrected chi connectivity index (χ1v) is 5.71. The quantitative estimate of drug-likeness (QED) is 0.732. The maximum absolute atomic E-state index is 9.20. The predicted octanol–water partition coefficient (Wildman–Crippen LogP) is 0.868. The molecule has 0 radical (unpaired) electrons. The van der Waals surface area contributed by atoms with Gasteiger partial charge in [-0.15, -0.1) is 0 Å². The minimum atomic E-state index is -0.0110. The highest BCUT2D eigenvalue weighted by Crippen LogP contribution is 2.28. The van der Waals surface area contributed by atoms with Crippen molar-refractivity contribution in [2.45, 2.75) is 37.8 Å². The maximum Gasteiger partial charge on any atom is 0.0546 e. The lowest BCUT2D eigenvalue weighted by Crippen LogP contribution is -2.43. The smallest absolute Gasteiger partial charge is 0.0546 e. The van der Waals surface area contributed by atoms with Crippen LogP contribution in [0.3, 0.4) is 0 Å². The molecule has 0 spiro atoms. The molecule has 14 heavy (non-hydrogen) atoms. The van der Waals surface area contributed by atoms with Gasteiger partial charge in [0.2, 0.25) is 0 Å². The van der Waals surface area contributed by atoms with Crippen molar-refractivity contribution in [3.63, 3.8) is 0 Å². The van der Waals surface area contributed by atoms with Crippen molar-refractivity contribution >= 4 is 0 Å². The van der Waals surface area contributed by atoms with Crippen LogP contribution in [0, 0.1) is 5.92 Å². The van der Waals surface area contributed by atoms with Crippen molar-refractivity contribution in [2.24, 2.45) is 5.92 Å². The van der Waals surface area contributed by atoms with Gasteiger partial charge in [0.25, 0.3) is 0 Å². The molecule has 0 aromatic heterocycles. The van der Waals surface area contributed by atoms with Crippen LogP contribution in [0.15, 0.2) is 0 Å². The number of rotatable bonds is 3. The second-order valence-electron chi connectivity index (χ2n) is 4.77. The van der Waals surface area contributed by atoms with Crippen LogP contribution >= 0.6 is 0 Å². The van der Waals surface area contributed by atoms with Gasteiger partial charge in [-0.3, -0.25) is 0 Å². The van der Waals surface area contributed by atoms with E-state index in [-0.39, 0.29) is 6.10 Å². The molecule has 0 aromatic carbocycles. The van der Waals surface area contributed by atoms with Gasteiger partial charge in [-0.1, -0.05) is 0 Å². The topological polar surface area (TPSA) is 32.7 Å². The zero-order valence-electron chi connectivity index (χ0n) is 8.98. The number of hydrogen-bond acceptors (Lipinski definition) is 3. The fourth-order valence-corrected chi connectivity index (χ4v) is 2.53. The Kier molecular flexibility index (Phi) is 3.42. The predicted molar refractivity (Wildman–Crippen MR) is 55.2 cm³/mol. The summed E-state index contributed by atoms with van der Waals surface area (Å²) in [4.78, 5) is 2.46. The Morgan fingerprint density at radius 3 is 2.50 bits per heavy atom. The zero-order valence-corrected chi connectivity index (χ0v) is 8.98. The molecule has 1 aliphatic heterocycles. The largest absolute Gasteiger partial charge is 0.393 e. The van der Waals surface area contributed by atoms with E-state index in [0.717, 1.165) is 38.5 Å². The average Bonchev–Trinajstić information content (AvgIpc) is 2.17. The summed E-state index contributed by atoms with van der Waals surface area (Å²) < 4.78 is 5.35. The van der Waals surface area contributed by atoms with Gasteiger partial charge in [-0.05, 0) is 38.6 Å². The average molecular weight is 199 g/mol. The van der Waals surface area contributed by atoms with E-state index in [2.05, 4.69) is 11.9 Å². The van der Waals surface area contributed by atoms with Crippen LogP contribution in [0.2, 0.25) is 0 Å². The summed E-state index contributed by atoms with van der Waals surface area (Å²) in [6.45, 7) is 2.99. The van der Waals surface area contributed by atoms with Crippen LogP contribution in [0.25, 0.3) is 0 Å². The molecule has 2 aliphatic rings. The SMILES string of the molecule is CN(CC1CC(O)C1)C1CCOCC1. The van der Waals surface area contributed by atoms with Gasteiger partial charge in [-0.2, -0.15) is 0 Å². The van der Waals surface area contributed by atoms with Crippen LogP contribution in [0.4, 0.5) is 0 Å². The van der Waals surface area contributed by atoms with Crippen LogP contribution < -0.4 is 0 Å². The molecule has 0 aromatic rings. The van der Waals surface area contributed by atoms with E-state index in [4.69, 9.17) is 4.74 Å². The molecule has 1 aliphatic carbocycles. The number of hydrogen-bond donors (Lipinski definition) is 1. The molecule has 0 atom stereocenters. The Labute approximate surface area is 86.0 Å². The molecule has 82 valence electrons. The molecule has 1 heterocycles. The Bertz CT molecular complexity index is 174. The van der Waals surface area contributed by atoms with E-state index in [1.807, 2.05) is 0 Å². The molecule has 1 saturated carbocycles. The summed E-state index contributed by atoms with van der Waals surface area (Å²) >= 11 is 0. The van der Waals surface area contributed by atoms with Crippen molar-refractivity contribution < 1.29 is 9.84 Å². The summed E-state index contributed by atoms with van der Waals surface area (Å²) in [5.74, 6) is 0.734. The van der Waals surface area contributed by atoms with E-state index in [9.17, 15) is 5.11 Å². The number of nitrogens with zero attached hydrogens (tertiary/aromatic N) is 1. The zero-order chi connectivity index (χ0) is 9.97. The van der Waals surface area contributed by atoms with E-state index in [1.54, 1.807) is 0 Å². The standard InChI is InChI=1S/C11H21NO2/c1-12(8-9-6-11(13)7-9)10-2-4-14-5-3-10/h9-11,13H,2-8H2,1H3. The molecule has 3 heteroatoms. The molecule has 1 N–H and O–H groups in total. The maximum atomic E-state index is 9.20. The van der Waals surface area contributed by atoms with E-state index in [0.29, 0.717) is 6.04 Å². The van der Waals surface area contributed by atoms with Gasteiger partial charge in [0.1, 0.15) is 0 Å². The monoisotopic (exact) mass is 199 g/mol. The van der Waals surface area contributed by atoms with Gasteiger partial charge in [0.05, 0.1) is 6.10 Å². The Morgan fingerprint density at radius 2 is 1.93 bits per heavy atom.